The number of rotatable bonds is 9. The van der Waals surface area contributed by atoms with Crippen LogP contribution in [0.4, 0.5) is 4.39 Å². The van der Waals surface area contributed by atoms with Crippen molar-refractivity contribution in [2.75, 3.05) is 39.8 Å². The van der Waals surface area contributed by atoms with Crippen LogP contribution in [0.1, 0.15) is 13.8 Å². The first-order valence-electron chi connectivity index (χ1n) is 10.0. The van der Waals surface area contributed by atoms with Gasteiger partial charge in [0, 0.05) is 37.2 Å². The topological polar surface area (TPSA) is 61.9 Å². The van der Waals surface area contributed by atoms with E-state index in [-0.39, 0.29) is 24.4 Å². The third kappa shape index (κ3) is 7.88. The van der Waals surface area contributed by atoms with Crippen molar-refractivity contribution >= 4 is 28.5 Å². The van der Waals surface area contributed by atoms with Crippen LogP contribution in [-0.4, -0.2) is 65.8 Å². The molecule has 0 spiro atoms. The van der Waals surface area contributed by atoms with Crippen molar-refractivity contribution in [1.29, 1.82) is 0 Å². The standard InChI is InChI=1S/C22H29ClFN3O3S/c1-4-7-19(24)8-5-6-11-26-12-13-27(15-17(26)2)22(28)16-30-20-10-9-18(23)14-21(20)31(29)25-3/h4-10,14,17,25H,11-13,15-16H2,1-3H3/b6-5+,7-4-,19-8+. The summed E-state index contributed by atoms with van der Waals surface area (Å²) in [7, 11) is 0.0870. The first-order chi connectivity index (χ1) is 14.8. The smallest absolute Gasteiger partial charge is 0.260 e. The number of halogens is 2. The number of allylic oxidation sites excluding steroid dienone is 5. The highest BCUT2D eigenvalue weighted by Gasteiger charge is 2.26. The lowest BCUT2D eigenvalue weighted by Crippen LogP contribution is -2.54. The maximum Gasteiger partial charge on any atom is 0.260 e. The Bertz CT molecular complexity index is 876. The van der Waals surface area contributed by atoms with Crippen LogP contribution in [-0.2, 0) is 15.8 Å². The molecule has 2 rings (SSSR count). The highest BCUT2D eigenvalue weighted by molar-refractivity contribution is 7.83. The van der Waals surface area contributed by atoms with Gasteiger partial charge in [-0.15, -0.1) is 0 Å². The summed E-state index contributed by atoms with van der Waals surface area (Å²) in [5.74, 6) is -0.0559. The molecule has 170 valence electrons. The maximum absolute atomic E-state index is 13.3. The van der Waals surface area contributed by atoms with Gasteiger partial charge in [0.1, 0.15) is 22.6 Å². The van der Waals surface area contributed by atoms with Crippen molar-refractivity contribution in [1.82, 2.24) is 14.5 Å². The van der Waals surface area contributed by atoms with Gasteiger partial charge in [-0.25, -0.2) is 13.3 Å². The molecular weight excluding hydrogens is 441 g/mol. The van der Waals surface area contributed by atoms with E-state index in [1.165, 1.54) is 12.2 Å². The second kappa shape index (κ2) is 12.8. The molecule has 0 radical (unpaired) electrons. The van der Waals surface area contributed by atoms with E-state index in [1.54, 1.807) is 49.2 Å². The van der Waals surface area contributed by atoms with Gasteiger partial charge < -0.3 is 9.64 Å². The van der Waals surface area contributed by atoms with Gasteiger partial charge in [-0.1, -0.05) is 29.8 Å². The van der Waals surface area contributed by atoms with Crippen molar-refractivity contribution in [2.24, 2.45) is 0 Å². The summed E-state index contributed by atoms with van der Waals surface area (Å²) in [6.45, 7) is 6.24. The Labute approximate surface area is 191 Å². The second-order valence-corrected chi connectivity index (χ2v) is 8.84. The molecule has 2 unspecified atom stereocenters. The van der Waals surface area contributed by atoms with E-state index in [0.717, 1.165) is 0 Å². The van der Waals surface area contributed by atoms with Crippen molar-refractivity contribution in [3.63, 3.8) is 0 Å². The van der Waals surface area contributed by atoms with Crippen LogP contribution in [0.2, 0.25) is 5.02 Å². The molecule has 1 aromatic carbocycles. The summed E-state index contributed by atoms with van der Waals surface area (Å²) in [5, 5.41) is 0.441. The van der Waals surface area contributed by atoms with Gasteiger partial charge in [0.05, 0.1) is 4.90 Å². The van der Waals surface area contributed by atoms with Crippen LogP contribution in [0.5, 0.6) is 5.75 Å². The van der Waals surface area contributed by atoms with Gasteiger partial charge in [-0.3, -0.25) is 9.69 Å². The first-order valence-corrected chi connectivity index (χ1v) is 11.6. The van der Waals surface area contributed by atoms with Crippen LogP contribution < -0.4 is 9.46 Å². The number of piperazine rings is 1. The van der Waals surface area contributed by atoms with Crippen LogP contribution in [0, 0.1) is 0 Å². The zero-order chi connectivity index (χ0) is 22.8. The summed E-state index contributed by atoms with van der Waals surface area (Å²) in [4.78, 5) is 17.0. The molecule has 2 atom stereocenters. The van der Waals surface area contributed by atoms with E-state index >= 15 is 0 Å². The molecule has 0 saturated carbocycles. The van der Waals surface area contributed by atoms with Crippen LogP contribution >= 0.6 is 11.6 Å². The molecular formula is C22H29ClFN3O3S. The largest absolute Gasteiger partial charge is 0.482 e. The molecule has 1 heterocycles. The summed E-state index contributed by atoms with van der Waals surface area (Å²) >= 11 is 5.98. The fourth-order valence-electron chi connectivity index (χ4n) is 3.15. The molecule has 0 aromatic heterocycles. The Morgan fingerprint density at radius 1 is 1.42 bits per heavy atom. The summed E-state index contributed by atoms with van der Waals surface area (Å²) < 4.78 is 33.7. The summed E-state index contributed by atoms with van der Waals surface area (Å²) in [6.07, 6.45) is 8.09. The van der Waals surface area contributed by atoms with E-state index in [2.05, 4.69) is 16.5 Å². The third-order valence-corrected chi connectivity index (χ3v) is 6.14. The van der Waals surface area contributed by atoms with Gasteiger partial charge >= 0.3 is 0 Å². The number of benzene rings is 1. The first kappa shape index (κ1) is 25.3. The highest BCUT2D eigenvalue weighted by atomic mass is 35.5. The number of hydrogen-bond donors (Lipinski definition) is 1. The monoisotopic (exact) mass is 469 g/mol. The molecule has 0 bridgehead atoms. The Hall–Kier alpha value is -2.00. The van der Waals surface area contributed by atoms with Gasteiger partial charge in [-0.05, 0) is 51.2 Å². The fourth-order valence-corrected chi connectivity index (χ4v) is 4.15. The normalized spacial score (nSPS) is 19.3. The van der Waals surface area contributed by atoms with E-state index in [4.69, 9.17) is 16.3 Å². The Morgan fingerprint density at radius 2 is 2.19 bits per heavy atom. The number of nitrogens with one attached hydrogen (secondary N) is 1. The minimum absolute atomic E-state index is 0.130. The molecule has 6 nitrogen and oxygen atoms in total. The third-order valence-electron chi connectivity index (χ3n) is 4.82. The predicted octanol–water partition coefficient (Wildman–Crippen LogP) is 3.48. The average molecular weight is 470 g/mol. The molecule has 1 amide bonds. The lowest BCUT2D eigenvalue weighted by Gasteiger charge is -2.39. The molecule has 31 heavy (non-hydrogen) atoms. The van der Waals surface area contributed by atoms with Gasteiger partial charge in [-0.2, -0.15) is 0 Å². The van der Waals surface area contributed by atoms with Crippen molar-refractivity contribution in [2.45, 2.75) is 24.8 Å². The molecule has 1 fully saturated rings. The van der Waals surface area contributed by atoms with Crippen molar-refractivity contribution in [3.8, 4) is 5.75 Å². The van der Waals surface area contributed by atoms with Crippen LogP contribution in [0.15, 0.2) is 59.3 Å². The number of hydrogen-bond acceptors (Lipinski definition) is 4. The molecule has 1 N–H and O–H groups in total. The van der Waals surface area contributed by atoms with Crippen molar-refractivity contribution in [3.05, 3.63) is 59.4 Å². The zero-order valence-electron chi connectivity index (χ0n) is 18.0. The Kier molecular flexibility index (Phi) is 10.4. The number of carbonyl (C=O) groups is 1. The average Bonchev–Trinajstić information content (AvgIpc) is 2.76. The van der Waals surface area contributed by atoms with Gasteiger partial charge in [0.15, 0.2) is 6.61 Å². The van der Waals surface area contributed by atoms with E-state index in [1.807, 2.05) is 6.08 Å². The summed E-state index contributed by atoms with van der Waals surface area (Å²) in [6, 6.07) is 4.96. The van der Waals surface area contributed by atoms with Crippen molar-refractivity contribution < 1.29 is 18.1 Å². The number of carbonyl (C=O) groups excluding carboxylic acids is 1. The van der Waals surface area contributed by atoms with E-state index < -0.39 is 11.0 Å². The fraction of sp³-hybridized carbons (Fsp3) is 0.409. The maximum atomic E-state index is 13.3. The molecule has 1 aliphatic heterocycles. The lowest BCUT2D eigenvalue weighted by atomic mass is 10.2. The minimum Gasteiger partial charge on any atom is -0.482 e. The molecule has 1 aliphatic rings. The highest BCUT2D eigenvalue weighted by Crippen LogP contribution is 2.25. The summed E-state index contributed by atoms with van der Waals surface area (Å²) in [5.41, 5.74) is 0. The van der Waals surface area contributed by atoms with E-state index in [9.17, 15) is 13.4 Å². The lowest BCUT2D eigenvalue weighted by molar-refractivity contribution is -0.136. The Morgan fingerprint density at radius 3 is 2.87 bits per heavy atom. The number of ether oxygens (including phenoxy) is 1. The zero-order valence-corrected chi connectivity index (χ0v) is 19.6. The Balaban J connectivity index is 1.87. The second-order valence-electron chi connectivity index (χ2n) is 7.02. The van der Waals surface area contributed by atoms with Crippen LogP contribution in [0.25, 0.3) is 0 Å². The van der Waals surface area contributed by atoms with Crippen LogP contribution in [0.3, 0.4) is 0 Å². The quantitative estimate of drug-likeness (QED) is 0.562. The number of amides is 1. The number of nitrogens with zero attached hydrogens (tertiary/aromatic N) is 2. The molecule has 0 aliphatic carbocycles. The molecule has 1 aromatic rings. The molecule has 9 heteroatoms. The predicted molar refractivity (Wildman–Crippen MR) is 123 cm³/mol. The van der Waals surface area contributed by atoms with E-state index in [0.29, 0.717) is 41.8 Å². The van der Waals surface area contributed by atoms with Gasteiger partial charge in [0.25, 0.3) is 5.91 Å². The minimum atomic E-state index is -1.48. The van der Waals surface area contributed by atoms with Gasteiger partial charge in [0.2, 0.25) is 0 Å². The molecule has 1 saturated heterocycles. The SMILES string of the molecule is C\C=C/C(F)=C\C=C\CN1CCN(C(=O)COc2ccc(Cl)cc2S(=O)NC)CC1C.